The lowest BCUT2D eigenvalue weighted by Crippen LogP contribution is -1.92. The molecule has 0 atom stereocenters. The summed E-state index contributed by atoms with van der Waals surface area (Å²) in [5.74, 6) is 0. The summed E-state index contributed by atoms with van der Waals surface area (Å²) in [5, 5.41) is 9.28. The Balaban J connectivity index is 2.71. The van der Waals surface area contributed by atoms with Gasteiger partial charge < -0.3 is 0 Å². The molecule has 0 unspecified atom stereocenters. The van der Waals surface area contributed by atoms with Gasteiger partial charge in [-0.25, -0.2) is 0 Å². The SMILES string of the molecule is Cc1ccc(C)c(-c2ccc(Br)cc2)c1C#N. The van der Waals surface area contributed by atoms with Gasteiger partial charge in [0.1, 0.15) is 6.07 Å². The number of nitrogens with zero attached hydrogens (tertiary/aromatic N) is 1. The van der Waals surface area contributed by atoms with Gasteiger partial charge in [-0.1, -0.05) is 40.2 Å². The van der Waals surface area contributed by atoms with Crippen molar-refractivity contribution in [2.24, 2.45) is 0 Å². The van der Waals surface area contributed by atoms with E-state index in [1.54, 1.807) is 0 Å². The summed E-state index contributed by atoms with van der Waals surface area (Å²) in [6.45, 7) is 4.01. The Hall–Kier alpha value is -1.59. The molecular formula is C15H12BrN. The summed E-state index contributed by atoms with van der Waals surface area (Å²) in [4.78, 5) is 0. The van der Waals surface area contributed by atoms with Crippen molar-refractivity contribution >= 4 is 15.9 Å². The average molecular weight is 286 g/mol. The van der Waals surface area contributed by atoms with Crippen molar-refractivity contribution in [1.82, 2.24) is 0 Å². The number of nitriles is 1. The molecule has 0 amide bonds. The van der Waals surface area contributed by atoms with Gasteiger partial charge in [-0.15, -0.1) is 0 Å². The fourth-order valence-electron chi connectivity index (χ4n) is 1.94. The molecule has 0 aliphatic carbocycles. The van der Waals surface area contributed by atoms with Crippen molar-refractivity contribution in [3.05, 3.63) is 57.6 Å². The summed E-state index contributed by atoms with van der Waals surface area (Å²) in [6, 6.07) is 14.4. The van der Waals surface area contributed by atoms with Gasteiger partial charge in [0.15, 0.2) is 0 Å². The molecule has 0 saturated heterocycles. The molecule has 17 heavy (non-hydrogen) atoms. The molecule has 0 heterocycles. The number of hydrogen-bond donors (Lipinski definition) is 0. The minimum atomic E-state index is 0.771. The molecular weight excluding hydrogens is 274 g/mol. The van der Waals surface area contributed by atoms with E-state index in [-0.39, 0.29) is 0 Å². The van der Waals surface area contributed by atoms with Crippen molar-refractivity contribution in [3.63, 3.8) is 0 Å². The molecule has 0 bridgehead atoms. The van der Waals surface area contributed by atoms with Gasteiger partial charge in [0, 0.05) is 10.0 Å². The predicted octanol–water partition coefficient (Wildman–Crippen LogP) is 4.60. The molecule has 0 aliphatic rings. The second-order valence-electron chi connectivity index (χ2n) is 4.07. The summed E-state index contributed by atoms with van der Waals surface area (Å²) in [6.07, 6.45) is 0. The van der Waals surface area contributed by atoms with Crippen molar-refractivity contribution in [1.29, 1.82) is 5.26 Å². The molecule has 1 nitrogen and oxygen atoms in total. The highest BCUT2D eigenvalue weighted by atomic mass is 79.9. The van der Waals surface area contributed by atoms with Gasteiger partial charge in [-0.3, -0.25) is 0 Å². The first-order valence-electron chi connectivity index (χ1n) is 5.39. The van der Waals surface area contributed by atoms with Gasteiger partial charge >= 0.3 is 0 Å². The van der Waals surface area contributed by atoms with Crippen LogP contribution in [0.15, 0.2) is 40.9 Å². The molecule has 0 N–H and O–H groups in total. The summed E-state index contributed by atoms with van der Waals surface area (Å²) in [5.41, 5.74) is 5.06. The number of halogens is 1. The Bertz CT molecular complexity index is 592. The second-order valence-corrected chi connectivity index (χ2v) is 4.98. The maximum Gasteiger partial charge on any atom is 0.100 e. The molecule has 0 aromatic heterocycles. The zero-order chi connectivity index (χ0) is 12.4. The minimum absolute atomic E-state index is 0.771. The molecule has 0 fully saturated rings. The molecule has 0 radical (unpaired) electrons. The molecule has 0 aliphatic heterocycles. The smallest absolute Gasteiger partial charge is 0.100 e. The van der Waals surface area contributed by atoms with Crippen molar-refractivity contribution in [2.75, 3.05) is 0 Å². The average Bonchev–Trinajstić information content (AvgIpc) is 2.33. The molecule has 2 rings (SSSR count). The first-order chi connectivity index (χ1) is 8.13. The number of rotatable bonds is 1. The van der Waals surface area contributed by atoms with E-state index in [1.165, 1.54) is 0 Å². The third kappa shape index (κ3) is 2.25. The standard InChI is InChI=1S/C15H12BrN/c1-10-3-4-11(2)15(14(10)9-17)12-5-7-13(16)8-6-12/h3-8H,1-2H3. The van der Waals surface area contributed by atoms with Crippen LogP contribution in [0, 0.1) is 25.2 Å². The van der Waals surface area contributed by atoms with Crippen LogP contribution in [0.25, 0.3) is 11.1 Å². The van der Waals surface area contributed by atoms with E-state index in [4.69, 9.17) is 0 Å². The van der Waals surface area contributed by atoms with Gasteiger partial charge in [-0.2, -0.15) is 5.26 Å². The van der Waals surface area contributed by atoms with Crippen LogP contribution >= 0.6 is 15.9 Å². The van der Waals surface area contributed by atoms with Crippen LogP contribution in [0.5, 0.6) is 0 Å². The van der Waals surface area contributed by atoms with Crippen molar-refractivity contribution < 1.29 is 0 Å². The van der Waals surface area contributed by atoms with Gasteiger partial charge in [0.25, 0.3) is 0 Å². The van der Waals surface area contributed by atoms with E-state index < -0.39 is 0 Å². The quantitative estimate of drug-likeness (QED) is 0.751. The Morgan fingerprint density at radius 3 is 2.12 bits per heavy atom. The lowest BCUT2D eigenvalue weighted by atomic mass is 9.93. The zero-order valence-electron chi connectivity index (χ0n) is 9.79. The summed E-state index contributed by atoms with van der Waals surface area (Å²) < 4.78 is 1.05. The first-order valence-corrected chi connectivity index (χ1v) is 6.19. The Morgan fingerprint density at radius 1 is 0.941 bits per heavy atom. The van der Waals surface area contributed by atoms with E-state index in [9.17, 15) is 5.26 Å². The zero-order valence-corrected chi connectivity index (χ0v) is 11.4. The normalized spacial score (nSPS) is 10.0. The molecule has 84 valence electrons. The highest BCUT2D eigenvalue weighted by molar-refractivity contribution is 9.10. The Morgan fingerprint density at radius 2 is 1.53 bits per heavy atom. The van der Waals surface area contributed by atoms with Crippen LogP contribution < -0.4 is 0 Å². The lowest BCUT2D eigenvalue weighted by Gasteiger charge is -2.10. The highest BCUT2D eigenvalue weighted by Gasteiger charge is 2.10. The largest absolute Gasteiger partial charge is 0.192 e. The summed E-state index contributed by atoms with van der Waals surface area (Å²) >= 11 is 3.42. The number of hydrogen-bond acceptors (Lipinski definition) is 1. The maximum atomic E-state index is 9.28. The van der Waals surface area contributed by atoms with E-state index in [0.29, 0.717) is 0 Å². The molecule has 0 saturated carbocycles. The van der Waals surface area contributed by atoms with Crippen LogP contribution in [0.1, 0.15) is 16.7 Å². The van der Waals surface area contributed by atoms with Crippen LogP contribution in [0.4, 0.5) is 0 Å². The number of aryl methyl sites for hydroxylation is 2. The maximum absolute atomic E-state index is 9.28. The van der Waals surface area contributed by atoms with E-state index in [2.05, 4.69) is 28.1 Å². The Labute approximate surface area is 110 Å². The fourth-order valence-corrected chi connectivity index (χ4v) is 2.21. The third-order valence-electron chi connectivity index (χ3n) is 2.87. The first kappa shape index (κ1) is 11.9. The van der Waals surface area contributed by atoms with Crippen molar-refractivity contribution in [3.8, 4) is 17.2 Å². The highest BCUT2D eigenvalue weighted by Crippen LogP contribution is 2.30. The number of benzene rings is 2. The third-order valence-corrected chi connectivity index (χ3v) is 3.40. The van der Waals surface area contributed by atoms with Crippen LogP contribution in [0.2, 0.25) is 0 Å². The van der Waals surface area contributed by atoms with E-state index in [1.807, 2.05) is 44.2 Å². The minimum Gasteiger partial charge on any atom is -0.192 e. The second kappa shape index (κ2) is 4.73. The van der Waals surface area contributed by atoms with Crippen LogP contribution in [-0.2, 0) is 0 Å². The predicted molar refractivity (Wildman–Crippen MR) is 73.8 cm³/mol. The molecule has 2 aromatic rings. The molecule has 2 heteroatoms. The van der Waals surface area contributed by atoms with Crippen molar-refractivity contribution in [2.45, 2.75) is 13.8 Å². The monoisotopic (exact) mass is 285 g/mol. The molecule has 0 spiro atoms. The van der Waals surface area contributed by atoms with Crippen LogP contribution in [0.3, 0.4) is 0 Å². The van der Waals surface area contributed by atoms with E-state index >= 15 is 0 Å². The summed E-state index contributed by atoms with van der Waals surface area (Å²) in [7, 11) is 0. The lowest BCUT2D eigenvalue weighted by molar-refractivity contribution is 1.34. The van der Waals surface area contributed by atoms with Gasteiger partial charge in [0.05, 0.1) is 5.56 Å². The van der Waals surface area contributed by atoms with E-state index in [0.717, 1.165) is 32.3 Å². The Kier molecular flexibility index (Phi) is 3.31. The van der Waals surface area contributed by atoms with Gasteiger partial charge in [-0.05, 0) is 42.7 Å². The van der Waals surface area contributed by atoms with Crippen LogP contribution in [-0.4, -0.2) is 0 Å². The molecule has 2 aromatic carbocycles. The fraction of sp³-hybridized carbons (Fsp3) is 0.133. The van der Waals surface area contributed by atoms with Gasteiger partial charge in [0.2, 0.25) is 0 Å². The topological polar surface area (TPSA) is 23.8 Å².